The van der Waals surface area contributed by atoms with E-state index in [1.807, 2.05) is 0 Å². The van der Waals surface area contributed by atoms with Crippen molar-refractivity contribution in [3.05, 3.63) is 6.42 Å². The van der Waals surface area contributed by atoms with Gasteiger partial charge in [-0.25, -0.2) is 0 Å². The van der Waals surface area contributed by atoms with Gasteiger partial charge in [0, 0.05) is 4.83 Å². The van der Waals surface area contributed by atoms with Crippen molar-refractivity contribution in [2.45, 2.75) is 36.9 Å². The van der Waals surface area contributed by atoms with E-state index in [-0.39, 0.29) is 0 Å². The largest absolute Gasteiger partial charge is 0.0888 e. The molecule has 1 saturated carbocycles. The molecule has 0 spiro atoms. The normalized spacial score (nSPS) is 25.1. The molecule has 0 aromatic carbocycles. The lowest BCUT2D eigenvalue weighted by molar-refractivity contribution is 0.707. The molecule has 0 bridgehead atoms. The molecular formula is C7H12Br. The SMILES string of the molecule is BrC1[CH]CCCCC1. The van der Waals surface area contributed by atoms with Gasteiger partial charge in [0.05, 0.1) is 0 Å². The van der Waals surface area contributed by atoms with Crippen LogP contribution in [0.5, 0.6) is 0 Å². The number of alkyl halides is 1. The topological polar surface area (TPSA) is 0 Å². The van der Waals surface area contributed by atoms with Crippen LogP contribution < -0.4 is 0 Å². The maximum absolute atomic E-state index is 3.58. The van der Waals surface area contributed by atoms with Crippen molar-refractivity contribution >= 4 is 15.9 Å². The molecule has 1 aliphatic carbocycles. The van der Waals surface area contributed by atoms with E-state index in [0.717, 1.165) is 0 Å². The van der Waals surface area contributed by atoms with Gasteiger partial charge in [-0.2, -0.15) is 0 Å². The summed E-state index contributed by atoms with van der Waals surface area (Å²) < 4.78 is 0. The summed E-state index contributed by atoms with van der Waals surface area (Å²) in [6.07, 6.45) is 9.29. The molecule has 1 unspecified atom stereocenters. The van der Waals surface area contributed by atoms with Crippen molar-refractivity contribution in [2.75, 3.05) is 0 Å². The molecule has 0 amide bonds. The van der Waals surface area contributed by atoms with Gasteiger partial charge in [0.15, 0.2) is 0 Å². The van der Waals surface area contributed by atoms with Gasteiger partial charge in [-0.05, 0) is 19.3 Å². The molecule has 0 saturated heterocycles. The molecule has 1 heteroatoms. The first-order chi connectivity index (χ1) is 3.89. The van der Waals surface area contributed by atoms with E-state index in [4.69, 9.17) is 0 Å². The predicted molar refractivity (Wildman–Crippen MR) is 40.1 cm³/mol. The molecule has 1 radical (unpaired) electrons. The molecule has 0 aliphatic heterocycles. The van der Waals surface area contributed by atoms with Crippen LogP contribution in [-0.4, -0.2) is 4.83 Å². The van der Waals surface area contributed by atoms with Crippen LogP contribution in [0.15, 0.2) is 0 Å². The average molecular weight is 176 g/mol. The van der Waals surface area contributed by atoms with Gasteiger partial charge in [0.1, 0.15) is 0 Å². The summed E-state index contributed by atoms with van der Waals surface area (Å²) in [5.74, 6) is 0. The number of halogens is 1. The smallest absolute Gasteiger partial charge is 0.0177 e. The Morgan fingerprint density at radius 2 is 2.12 bits per heavy atom. The van der Waals surface area contributed by atoms with Gasteiger partial charge in [-0.3, -0.25) is 0 Å². The number of hydrogen-bond donors (Lipinski definition) is 0. The quantitative estimate of drug-likeness (QED) is 0.393. The summed E-state index contributed by atoms with van der Waals surface area (Å²) in [5.41, 5.74) is 0. The van der Waals surface area contributed by atoms with Crippen LogP contribution in [0.1, 0.15) is 32.1 Å². The van der Waals surface area contributed by atoms with E-state index >= 15 is 0 Å². The van der Waals surface area contributed by atoms with E-state index in [9.17, 15) is 0 Å². The summed E-state index contributed by atoms with van der Waals surface area (Å²) in [7, 11) is 0. The van der Waals surface area contributed by atoms with Crippen LogP contribution >= 0.6 is 15.9 Å². The fourth-order valence-electron chi connectivity index (χ4n) is 1.08. The third-order valence-electron chi connectivity index (χ3n) is 1.61. The molecule has 1 aliphatic rings. The Labute approximate surface area is 59.8 Å². The van der Waals surface area contributed by atoms with Crippen molar-refractivity contribution in [1.29, 1.82) is 0 Å². The molecular weight excluding hydrogens is 164 g/mol. The Balaban J connectivity index is 2.17. The summed E-state index contributed by atoms with van der Waals surface area (Å²) in [6, 6.07) is 0. The molecule has 0 heterocycles. The first-order valence-corrected chi connectivity index (χ1v) is 4.28. The fraction of sp³-hybridized carbons (Fsp3) is 0.857. The second-order valence-electron chi connectivity index (χ2n) is 2.39. The van der Waals surface area contributed by atoms with Crippen molar-refractivity contribution in [1.82, 2.24) is 0 Å². The molecule has 1 fully saturated rings. The lowest BCUT2D eigenvalue weighted by Crippen LogP contribution is -1.93. The highest BCUT2D eigenvalue weighted by Crippen LogP contribution is 2.21. The van der Waals surface area contributed by atoms with Crippen LogP contribution in [0.25, 0.3) is 0 Å². The fourth-order valence-corrected chi connectivity index (χ4v) is 1.67. The second-order valence-corrected chi connectivity index (χ2v) is 3.57. The van der Waals surface area contributed by atoms with Gasteiger partial charge in [0.2, 0.25) is 0 Å². The van der Waals surface area contributed by atoms with Gasteiger partial charge in [-0.15, -0.1) is 0 Å². The molecule has 47 valence electrons. The maximum atomic E-state index is 3.58. The van der Waals surface area contributed by atoms with Crippen molar-refractivity contribution < 1.29 is 0 Å². The van der Waals surface area contributed by atoms with Crippen LogP contribution in [0.3, 0.4) is 0 Å². The van der Waals surface area contributed by atoms with Crippen molar-refractivity contribution in [3.63, 3.8) is 0 Å². The molecule has 1 atom stereocenters. The van der Waals surface area contributed by atoms with Crippen molar-refractivity contribution in [2.24, 2.45) is 0 Å². The van der Waals surface area contributed by atoms with E-state index in [1.165, 1.54) is 32.1 Å². The number of rotatable bonds is 0. The van der Waals surface area contributed by atoms with Crippen LogP contribution in [0.2, 0.25) is 0 Å². The molecule has 0 N–H and O–H groups in total. The predicted octanol–water partition coefficient (Wildman–Crippen LogP) is 2.92. The third-order valence-corrected chi connectivity index (χ3v) is 2.44. The maximum Gasteiger partial charge on any atom is 0.0177 e. The average Bonchev–Trinajstić information content (AvgIpc) is 1.94. The van der Waals surface area contributed by atoms with E-state index in [0.29, 0.717) is 4.83 Å². The monoisotopic (exact) mass is 175 g/mol. The number of hydrogen-bond acceptors (Lipinski definition) is 0. The standard InChI is InChI=1S/C7H12Br/c8-7-5-3-1-2-4-6-7/h5,7H,1-4,6H2. The first-order valence-electron chi connectivity index (χ1n) is 3.37. The Morgan fingerprint density at radius 1 is 1.25 bits per heavy atom. The van der Waals surface area contributed by atoms with Crippen molar-refractivity contribution in [3.8, 4) is 0 Å². The van der Waals surface area contributed by atoms with Crippen LogP contribution in [0, 0.1) is 6.42 Å². The van der Waals surface area contributed by atoms with Gasteiger partial charge in [-0.1, -0.05) is 35.2 Å². The highest BCUT2D eigenvalue weighted by molar-refractivity contribution is 9.09. The van der Waals surface area contributed by atoms with Crippen LogP contribution in [-0.2, 0) is 0 Å². The highest BCUT2D eigenvalue weighted by Gasteiger charge is 2.06. The summed E-state index contributed by atoms with van der Waals surface area (Å²) in [5, 5.41) is 0. The third kappa shape index (κ3) is 2.17. The Hall–Kier alpha value is 0.480. The first kappa shape index (κ1) is 6.60. The molecule has 0 aromatic rings. The summed E-state index contributed by atoms with van der Waals surface area (Å²) in [6.45, 7) is 0. The zero-order chi connectivity index (χ0) is 5.82. The van der Waals surface area contributed by atoms with E-state index in [1.54, 1.807) is 0 Å². The zero-order valence-electron chi connectivity index (χ0n) is 5.07. The zero-order valence-corrected chi connectivity index (χ0v) is 6.65. The Kier molecular flexibility index (Phi) is 2.88. The molecule has 0 nitrogen and oxygen atoms in total. The highest BCUT2D eigenvalue weighted by atomic mass is 79.9. The van der Waals surface area contributed by atoms with Crippen LogP contribution in [0.4, 0.5) is 0 Å². The lowest BCUT2D eigenvalue weighted by atomic mass is 10.2. The summed E-state index contributed by atoms with van der Waals surface area (Å²) in [4.78, 5) is 0.713. The van der Waals surface area contributed by atoms with E-state index in [2.05, 4.69) is 22.4 Å². The minimum absolute atomic E-state index is 0.713. The Morgan fingerprint density at radius 3 is 3.00 bits per heavy atom. The van der Waals surface area contributed by atoms with Gasteiger partial charge >= 0.3 is 0 Å². The van der Waals surface area contributed by atoms with Gasteiger partial charge < -0.3 is 0 Å². The minimum atomic E-state index is 0.713. The molecule has 8 heavy (non-hydrogen) atoms. The van der Waals surface area contributed by atoms with Gasteiger partial charge in [0.25, 0.3) is 0 Å². The Bertz CT molecular complexity index is 53.4. The molecule has 0 aromatic heterocycles. The lowest BCUT2D eigenvalue weighted by Gasteiger charge is -2.00. The summed E-state index contributed by atoms with van der Waals surface area (Å²) >= 11 is 3.58. The minimum Gasteiger partial charge on any atom is -0.0888 e. The van der Waals surface area contributed by atoms with E-state index < -0.39 is 0 Å². The second kappa shape index (κ2) is 3.49. The molecule has 1 rings (SSSR count).